The molecule has 0 spiro atoms. The quantitative estimate of drug-likeness (QED) is 0.800. The Labute approximate surface area is 135 Å². The van der Waals surface area contributed by atoms with Gasteiger partial charge in [0.15, 0.2) is 0 Å². The molecule has 20 heavy (non-hydrogen) atoms. The summed E-state index contributed by atoms with van der Waals surface area (Å²) in [6, 6.07) is 9.74. The molecule has 1 aromatic rings. The minimum atomic E-state index is 0. The van der Waals surface area contributed by atoms with E-state index >= 15 is 0 Å². The molecule has 1 aromatic carbocycles. The number of aryl methyl sites for hydroxylation is 1. The van der Waals surface area contributed by atoms with Gasteiger partial charge in [-0.3, -0.25) is 4.90 Å². The topological polar surface area (TPSA) is 29.3 Å². The summed E-state index contributed by atoms with van der Waals surface area (Å²) in [6.07, 6.45) is 6.39. The fourth-order valence-corrected chi connectivity index (χ4v) is 2.90. The Morgan fingerprint density at radius 1 is 1.10 bits per heavy atom. The van der Waals surface area contributed by atoms with Gasteiger partial charge >= 0.3 is 0 Å². The van der Waals surface area contributed by atoms with E-state index in [2.05, 4.69) is 36.1 Å². The predicted octanol–water partition coefficient (Wildman–Crippen LogP) is 4.10. The van der Waals surface area contributed by atoms with E-state index in [0.717, 1.165) is 6.54 Å². The summed E-state index contributed by atoms with van der Waals surface area (Å²) in [5.74, 6) is 0. The molecule has 1 unspecified atom stereocenters. The van der Waals surface area contributed by atoms with Crippen molar-refractivity contribution in [1.29, 1.82) is 0 Å². The molecule has 1 saturated heterocycles. The van der Waals surface area contributed by atoms with E-state index in [9.17, 15) is 0 Å². The van der Waals surface area contributed by atoms with E-state index in [1.807, 2.05) is 0 Å². The Bertz CT molecular complexity index is 354. The highest BCUT2D eigenvalue weighted by Crippen LogP contribution is 2.32. The van der Waals surface area contributed by atoms with Gasteiger partial charge in [-0.15, -0.1) is 24.8 Å². The molecular weight excluding hydrogens is 291 g/mol. The van der Waals surface area contributed by atoms with Crippen molar-refractivity contribution in [3.8, 4) is 0 Å². The standard InChI is InChI=1S/C16H26N2.2ClH/c1-14-7-9-15(10-8-14)16-6-5-13-18(16)12-4-2-3-11-17;;/h7-10,16H,2-6,11-13,17H2,1H3;2*1H. The summed E-state index contributed by atoms with van der Waals surface area (Å²) in [7, 11) is 0. The van der Waals surface area contributed by atoms with Gasteiger partial charge < -0.3 is 5.73 Å². The Morgan fingerprint density at radius 3 is 2.45 bits per heavy atom. The van der Waals surface area contributed by atoms with Gasteiger partial charge in [0.05, 0.1) is 0 Å². The van der Waals surface area contributed by atoms with Gasteiger partial charge in [-0.25, -0.2) is 0 Å². The van der Waals surface area contributed by atoms with Crippen LogP contribution in [0.15, 0.2) is 24.3 Å². The van der Waals surface area contributed by atoms with Crippen molar-refractivity contribution in [2.75, 3.05) is 19.6 Å². The molecule has 2 nitrogen and oxygen atoms in total. The van der Waals surface area contributed by atoms with Gasteiger partial charge in [-0.1, -0.05) is 36.2 Å². The van der Waals surface area contributed by atoms with Crippen LogP contribution in [-0.2, 0) is 0 Å². The molecule has 4 heteroatoms. The van der Waals surface area contributed by atoms with Crippen LogP contribution in [0.4, 0.5) is 0 Å². The lowest BCUT2D eigenvalue weighted by atomic mass is 10.0. The maximum absolute atomic E-state index is 5.54. The number of likely N-dealkylation sites (tertiary alicyclic amines) is 1. The number of unbranched alkanes of at least 4 members (excludes halogenated alkanes) is 2. The van der Waals surface area contributed by atoms with Crippen molar-refractivity contribution in [1.82, 2.24) is 4.90 Å². The SMILES string of the molecule is Cc1ccc(C2CCCN2CCCCCN)cc1.Cl.Cl. The number of halogens is 2. The molecule has 1 heterocycles. The van der Waals surface area contributed by atoms with Gasteiger partial charge in [-0.2, -0.15) is 0 Å². The third kappa shape index (κ3) is 5.61. The lowest BCUT2D eigenvalue weighted by Crippen LogP contribution is -2.24. The molecule has 2 rings (SSSR count). The summed E-state index contributed by atoms with van der Waals surface area (Å²) in [6.45, 7) is 5.49. The average Bonchev–Trinajstić information content (AvgIpc) is 2.84. The maximum atomic E-state index is 5.54. The monoisotopic (exact) mass is 318 g/mol. The van der Waals surface area contributed by atoms with Crippen LogP contribution >= 0.6 is 24.8 Å². The number of benzene rings is 1. The van der Waals surface area contributed by atoms with E-state index in [4.69, 9.17) is 5.73 Å². The Morgan fingerprint density at radius 2 is 1.80 bits per heavy atom. The van der Waals surface area contributed by atoms with E-state index in [-0.39, 0.29) is 24.8 Å². The predicted molar refractivity (Wildman–Crippen MR) is 92.1 cm³/mol. The molecule has 116 valence electrons. The summed E-state index contributed by atoms with van der Waals surface area (Å²) < 4.78 is 0. The van der Waals surface area contributed by atoms with Gasteiger partial charge in [-0.05, 0) is 57.8 Å². The molecule has 0 amide bonds. The van der Waals surface area contributed by atoms with Crippen LogP contribution < -0.4 is 5.73 Å². The zero-order valence-electron chi connectivity index (χ0n) is 12.4. The van der Waals surface area contributed by atoms with Crippen molar-refractivity contribution >= 4 is 24.8 Å². The highest BCUT2D eigenvalue weighted by Gasteiger charge is 2.24. The van der Waals surface area contributed by atoms with Crippen molar-refractivity contribution in [3.63, 3.8) is 0 Å². The first kappa shape index (κ1) is 19.7. The van der Waals surface area contributed by atoms with Crippen LogP contribution in [0.1, 0.15) is 49.3 Å². The Balaban J connectivity index is 0.00000180. The lowest BCUT2D eigenvalue weighted by molar-refractivity contribution is 0.251. The smallest absolute Gasteiger partial charge is 0.0348 e. The molecule has 0 aliphatic carbocycles. The maximum Gasteiger partial charge on any atom is 0.0348 e. The molecular formula is C16H28Cl2N2. The van der Waals surface area contributed by atoms with E-state index < -0.39 is 0 Å². The second-order valence-electron chi connectivity index (χ2n) is 5.45. The molecule has 2 N–H and O–H groups in total. The van der Waals surface area contributed by atoms with Crippen LogP contribution in [0.25, 0.3) is 0 Å². The minimum Gasteiger partial charge on any atom is -0.330 e. The third-order valence-corrected chi connectivity index (χ3v) is 3.98. The molecule has 1 aliphatic heterocycles. The first-order valence-corrected chi connectivity index (χ1v) is 7.32. The summed E-state index contributed by atoms with van der Waals surface area (Å²) in [5, 5.41) is 0. The number of hydrogen-bond donors (Lipinski definition) is 1. The number of nitrogens with zero attached hydrogens (tertiary/aromatic N) is 1. The van der Waals surface area contributed by atoms with Gasteiger partial charge in [0.1, 0.15) is 0 Å². The zero-order valence-corrected chi connectivity index (χ0v) is 14.0. The molecule has 0 saturated carbocycles. The summed E-state index contributed by atoms with van der Waals surface area (Å²) in [5.41, 5.74) is 8.39. The second kappa shape index (κ2) is 10.4. The fourth-order valence-electron chi connectivity index (χ4n) is 2.90. The summed E-state index contributed by atoms with van der Waals surface area (Å²) in [4.78, 5) is 2.65. The largest absolute Gasteiger partial charge is 0.330 e. The highest BCUT2D eigenvalue weighted by atomic mass is 35.5. The molecule has 1 fully saturated rings. The van der Waals surface area contributed by atoms with Crippen LogP contribution in [0.2, 0.25) is 0 Å². The van der Waals surface area contributed by atoms with Crippen LogP contribution in [-0.4, -0.2) is 24.5 Å². The van der Waals surface area contributed by atoms with Crippen LogP contribution in [0, 0.1) is 6.92 Å². The van der Waals surface area contributed by atoms with Crippen molar-refractivity contribution < 1.29 is 0 Å². The van der Waals surface area contributed by atoms with Crippen LogP contribution in [0.3, 0.4) is 0 Å². The van der Waals surface area contributed by atoms with Gasteiger partial charge in [0.25, 0.3) is 0 Å². The number of hydrogen-bond acceptors (Lipinski definition) is 2. The fraction of sp³-hybridized carbons (Fsp3) is 0.625. The first-order chi connectivity index (χ1) is 8.81. The third-order valence-electron chi connectivity index (χ3n) is 3.98. The number of nitrogens with two attached hydrogens (primary N) is 1. The van der Waals surface area contributed by atoms with E-state index in [1.54, 1.807) is 0 Å². The molecule has 0 aromatic heterocycles. The Kier molecular flexibility index (Phi) is 10.3. The molecule has 1 atom stereocenters. The van der Waals surface area contributed by atoms with Gasteiger partial charge in [0, 0.05) is 6.04 Å². The van der Waals surface area contributed by atoms with Gasteiger partial charge in [0.2, 0.25) is 0 Å². The van der Waals surface area contributed by atoms with Crippen molar-refractivity contribution in [2.24, 2.45) is 5.73 Å². The average molecular weight is 319 g/mol. The zero-order chi connectivity index (χ0) is 12.8. The first-order valence-electron chi connectivity index (χ1n) is 7.32. The summed E-state index contributed by atoms with van der Waals surface area (Å²) >= 11 is 0. The van der Waals surface area contributed by atoms with E-state index in [0.29, 0.717) is 6.04 Å². The number of rotatable bonds is 6. The molecule has 1 aliphatic rings. The van der Waals surface area contributed by atoms with E-state index in [1.165, 1.54) is 56.3 Å². The molecule has 0 radical (unpaired) electrons. The normalized spacial score (nSPS) is 18.4. The lowest BCUT2D eigenvalue weighted by Gasteiger charge is -2.25. The van der Waals surface area contributed by atoms with Crippen molar-refractivity contribution in [2.45, 2.75) is 45.1 Å². The second-order valence-corrected chi connectivity index (χ2v) is 5.45. The molecule has 0 bridgehead atoms. The highest BCUT2D eigenvalue weighted by molar-refractivity contribution is 5.85. The van der Waals surface area contributed by atoms with Crippen molar-refractivity contribution in [3.05, 3.63) is 35.4 Å². The minimum absolute atomic E-state index is 0. The Hall–Kier alpha value is -0.280. The van der Waals surface area contributed by atoms with Crippen LogP contribution in [0.5, 0.6) is 0 Å².